The lowest BCUT2D eigenvalue weighted by Gasteiger charge is -2.32. The molecule has 3 fully saturated rings. The highest BCUT2D eigenvalue weighted by Crippen LogP contribution is 2.35. The van der Waals surface area contributed by atoms with Crippen molar-refractivity contribution in [2.75, 3.05) is 11.9 Å². The number of carbonyl (C=O) groups excluding carboxylic acids is 1. The highest BCUT2D eigenvalue weighted by atomic mass is 16.7. The van der Waals surface area contributed by atoms with Gasteiger partial charge in [-0.1, -0.05) is 26.2 Å². The molecule has 3 aliphatic rings. The van der Waals surface area contributed by atoms with E-state index in [4.69, 9.17) is 9.82 Å². The molecule has 34 heavy (non-hydrogen) atoms. The number of hydrogen-bond donors (Lipinski definition) is 5. The van der Waals surface area contributed by atoms with Gasteiger partial charge in [0.05, 0.1) is 6.61 Å². The molecule has 5 N–H and O–H groups in total. The minimum atomic E-state index is -1.12. The first-order valence-electron chi connectivity index (χ1n) is 12.5. The molecule has 0 spiro atoms. The van der Waals surface area contributed by atoms with E-state index in [1.807, 2.05) is 4.57 Å². The van der Waals surface area contributed by atoms with E-state index in [0.717, 1.165) is 24.3 Å². The van der Waals surface area contributed by atoms with Crippen LogP contribution in [-0.4, -0.2) is 48.5 Å². The highest BCUT2D eigenvalue weighted by molar-refractivity contribution is 5.84. The predicted octanol–water partition coefficient (Wildman–Crippen LogP) is 2.52. The van der Waals surface area contributed by atoms with Gasteiger partial charge in [-0.2, -0.15) is 0 Å². The van der Waals surface area contributed by atoms with Crippen LogP contribution < -0.4 is 16.1 Å². The van der Waals surface area contributed by atoms with Gasteiger partial charge in [0.15, 0.2) is 23.5 Å². The van der Waals surface area contributed by atoms with Gasteiger partial charge in [0.25, 0.3) is 0 Å². The molecule has 2 aromatic rings. The van der Waals surface area contributed by atoms with Crippen LogP contribution in [0, 0.1) is 17.8 Å². The molecule has 3 atom stereocenters. The quantitative estimate of drug-likeness (QED) is 0.390. The lowest BCUT2D eigenvalue weighted by atomic mass is 9.80. The summed E-state index contributed by atoms with van der Waals surface area (Å²) in [5, 5.41) is 26.6. The van der Waals surface area contributed by atoms with Crippen molar-refractivity contribution in [2.45, 2.75) is 83.6 Å². The Kier molecular flexibility index (Phi) is 6.59. The molecular weight excluding hydrogens is 438 g/mol. The number of carbonyl (C=O) groups is 1. The second kappa shape index (κ2) is 9.63. The number of aliphatic hydroxyl groups excluding tert-OH is 2. The predicted molar refractivity (Wildman–Crippen MR) is 124 cm³/mol. The Hall–Kier alpha value is -2.50. The van der Waals surface area contributed by atoms with Gasteiger partial charge in [-0.05, 0) is 50.4 Å². The fourth-order valence-corrected chi connectivity index (χ4v) is 5.27. The molecule has 1 amide bonds. The normalized spacial score (nSPS) is 27.2. The van der Waals surface area contributed by atoms with E-state index < -0.39 is 25.0 Å². The summed E-state index contributed by atoms with van der Waals surface area (Å²) in [6.45, 7) is 4.71. The Bertz CT molecular complexity index is 1030. The largest absolute Gasteiger partial charge is 0.427 e. The Balaban J connectivity index is 1.57. The first-order chi connectivity index (χ1) is 16.4. The Morgan fingerprint density at radius 1 is 1.18 bits per heavy atom. The van der Waals surface area contributed by atoms with Crippen molar-refractivity contribution >= 4 is 23.1 Å². The van der Waals surface area contributed by atoms with Crippen LogP contribution >= 0.6 is 0 Å². The maximum Gasteiger partial charge on any atom is 0.427 e. The molecule has 2 aliphatic carbocycles. The average molecular weight is 474 g/mol. The number of nitrogens with zero attached hydrogens (tertiary/aromatic N) is 4. The zero-order chi connectivity index (χ0) is 23.8. The summed E-state index contributed by atoms with van der Waals surface area (Å²) in [7, 11) is 0. The molecule has 5 rings (SSSR count). The van der Waals surface area contributed by atoms with Gasteiger partial charge in [-0.3, -0.25) is 5.32 Å². The lowest BCUT2D eigenvalue weighted by molar-refractivity contribution is 0.0846. The summed E-state index contributed by atoms with van der Waals surface area (Å²) in [6, 6.07) is 0.201. The number of anilines is 1. The maximum atomic E-state index is 11.6. The number of hydrogen-bond acceptors (Lipinski definition) is 9. The van der Waals surface area contributed by atoms with Crippen LogP contribution in [0.3, 0.4) is 0 Å². The number of rotatable bonds is 8. The van der Waals surface area contributed by atoms with E-state index in [1.54, 1.807) is 0 Å². The van der Waals surface area contributed by atoms with Gasteiger partial charge < -0.3 is 24.9 Å². The number of amides is 1. The summed E-state index contributed by atoms with van der Waals surface area (Å²) in [5.74, 6) is 3.10. The van der Waals surface area contributed by atoms with Crippen LogP contribution in [0.4, 0.5) is 10.6 Å². The first kappa shape index (κ1) is 23.3. The third-order valence-electron chi connectivity index (χ3n) is 7.71. The van der Waals surface area contributed by atoms with Crippen molar-refractivity contribution in [3.8, 4) is 0 Å². The van der Waals surface area contributed by atoms with Crippen LogP contribution in [0.2, 0.25) is 0 Å². The van der Waals surface area contributed by atoms with Crippen molar-refractivity contribution in [2.24, 2.45) is 17.8 Å². The molecule has 2 unspecified atom stereocenters. The van der Waals surface area contributed by atoms with Crippen LogP contribution in [0.15, 0.2) is 0 Å². The van der Waals surface area contributed by atoms with Gasteiger partial charge in [-0.25, -0.2) is 19.7 Å². The van der Waals surface area contributed by atoms with E-state index in [9.17, 15) is 15.0 Å². The molecule has 11 heteroatoms. The van der Waals surface area contributed by atoms with Crippen LogP contribution in [-0.2, 0) is 11.4 Å². The first-order valence-corrected chi connectivity index (χ1v) is 12.5. The highest BCUT2D eigenvalue weighted by Gasteiger charge is 2.32. The van der Waals surface area contributed by atoms with Crippen molar-refractivity contribution in [1.82, 2.24) is 30.3 Å². The van der Waals surface area contributed by atoms with Gasteiger partial charge in [0.2, 0.25) is 0 Å². The van der Waals surface area contributed by atoms with Crippen molar-refractivity contribution in [1.29, 1.82) is 0 Å². The smallest absolute Gasteiger partial charge is 0.393 e. The van der Waals surface area contributed by atoms with E-state index in [1.165, 1.54) is 32.1 Å². The zero-order valence-corrected chi connectivity index (χ0v) is 19.8. The summed E-state index contributed by atoms with van der Waals surface area (Å²) >= 11 is 0. The number of fused-ring (bicyclic) bond motifs is 1. The molecule has 2 saturated carbocycles. The van der Waals surface area contributed by atoms with E-state index in [-0.39, 0.29) is 6.04 Å². The van der Waals surface area contributed by atoms with E-state index in [0.29, 0.717) is 41.5 Å². The van der Waals surface area contributed by atoms with Crippen molar-refractivity contribution in [3.05, 3.63) is 11.6 Å². The van der Waals surface area contributed by atoms with Crippen LogP contribution in [0.5, 0.6) is 0 Å². The molecule has 3 heterocycles. The summed E-state index contributed by atoms with van der Waals surface area (Å²) in [4.78, 5) is 30.4. The SMILES string of the molecule is CC1CCC(Cn2c(C(O)CO)nc3nc(C4NOC(=O)N4)nc(N[C@H](C)C4CCC4)c32)CC1. The average Bonchev–Trinajstić information content (AvgIpc) is 3.37. The minimum Gasteiger partial charge on any atom is -0.393 e. The fourth-order valence-electron chi connectivity index (χ4n) is 5.27. The summed E-state index contributed by atoms with van der Waals surface area (Å²) in [6.07, 6.45) is 5.78. The second-order valence-electron chi connectivity index (χ2n) is 10.2. The Labute approximate surface area is 198 Å². The summed E-state index contributed by atoms with van der Waals surface area (Å²) in [5.41, 5.74) is 3.74. The molecule has 0 bridgehead atoms. The van der Waals surface area contributed by atoms with Crippen LogP contribution in [0.25, 0.3) is 11.2 Å². The fraction of sp³-hybridized carbons (Fsp3) is 0.739. The van der Waals surface area contributed by atoms with Gasteiger partial charge >= 0.3 is 6.09 Å². The number of hydroxylamine groups is 1. The standard InChI is InChI=1S/C23H35N7O4/c1-12-6-8-14(9-7-12)10-30-17-18(24-13(2)15-4-3-5-15)25-20(21-28-23(33)34-29-21)26-19(17)27-22(30)16(32)11-31/h12-16,21,29,31-32H,3-11H2,1-2H3,(H,28,33)(H,24,25,26)/t12?,13-,14?,16?,21?/m1/s1. The summed E-state index contributed by atoms with van der Waals surface area (Å²) < 4.78 is 1.99. The molecule has 2 aromatic heterocycles. The Morgan fingerprint density at radius 2 is 1.94 bits per heavy atom. The molecule has 1 saturated heterocycles. The molecule has 0 aromatic carbocycles. The maximum absolute atomic E-state index is 11.6. The Morgan fingerprint density at radius 3 is 2.56 bits per heavy atom. The van der Waals surface area contributed by atoms with E-state index in [2.05, 4.69) is 39.9 Å². The lowest BCUT2D eigenvalue weighted by Crippen LogP contribution is -2.32. The monoisotopic (exact) mass is 473 g/mol. The third-order valence-corrected chi connectivity index (χ3v) is 7.71. The third kappa shape index (κ3) is 4.56. The number of aromatic nitrogens is 4. The topological polar surface area (TPSA) is 146 Å². The molecular formula is C23H35N7O4. The van der Waals surface area contributed by atoms with E-state index >= 15 is 0 Å². The second-order valence-corrected chi connectivity index (χ2v) is 10.2. The van der Waals surface area contributed by atoms with Gasteiger partial charge in [0.1, 0.15) is 17.4 Å². The molecule has 0 radical (unpaired) electrons. The molecule has 186 valence electrons. The van der Waals surface area contributed by atoms with Crippen LogP contribution in [0.1, 0.15) is 82.7 Å². The van der Waals surface area contributed by atoms with Gasteiger partial charge in [-0.15, -0.1) is 5.48 Å². The van der Waals surface area contributed by atoms with Crippen molar-refractivity contribution < 1.29 is 19.8 Å². The number of imidazole rings is 1. The number of nitrogens with one attached hydrogen (secondary N) is 3. The van der Waals surface area contributed by atoms with Crippen molar-refractivity contribution in [3.63, 3.8) is 0 Å². The minimum absolute atomic E-state index is 0.201. The zero-order valence-electron chi connectivity index (χ0n) is 19.8. The van der Waals surface area contributed by atoms with Gasteiger partial charge in [0, 0.05) is 12.6 Å². The number of aliphatic hydroxyl groups is 2. The molecule has 11 nitrogen and oxygen atoms in total. The molecule has 1 aliphatic heterocycles.